The number of ether oxygens (including phenoxy) is 2. The molecule has 1 fully saturated rings. The summed E-state index contributed by atoms with van der Waals surface area (Å²) in [5.41, 5.74) is 0.589. The highest BCUT2D eigenvalue weighted by Gasteiger charge is 2.40. The zero-order valence-electron chi connectivity index (χ0n) is 15.5. The molecule has 2 N–H and O–H groups in total. The molecule has 0 spiro atoms. The molecule has 0 unspecified atom stereocenters. The second-order valence-electron chi connectivity index (χ2n) is 6.45. The van der Waals surface area contributed by atoms with Crippen molar-refractivity contribution < 1.29 is 14.3 Å². The van der Waals surface area contributed by atoms with Crippen LogP contribution in [0.4, 0.5) is 5.13 Å². The molecular formula is C18H25ClN4O3S. The molecule has 0 saturated carbocycles. The molecule has 0 radical (unpaired) electrons. The van der Waals surface area contributed by atoms with Crippen LogP contribution in [0.5, 0.6) is 5.75 Å². The van der Waals surface area contributed by atoms with E-state index in [0.29, 0.717) is 18.2 Å². The van der Waals surface area contributed by atoms with E-state index in [1.165, 1.54) is 11.3 Å². The maximum atomic E-state index is 12.8. The van der Waals surface area contributed by atoms with Gasteiger partial charge in [0.25, 0.3) is 0 Å². The topological polar surface area (TPSA) is 85.4 Å². The van der Waals surface area contributed by atoms with Crippen LogP contribution in [0, 0.1) is 5.41 Å². The summed E-state index contributed by atoms with van der Waals surface area (Å²) in [6.07, 6.45) is 2.15. The monoisotopic (exact) mass is 412 g/mol. The Hall–Kier alpha value is -1.74. The Morgan fingerprint density at radius 1 is 1.30 bits per heavy atom. The van der Waals surface area contributed by atoms with Crippen molar-refractivity contribution in [2.45, 2.75) is 19.3 Å². The Kier molecular flexibility index (Phi) is 7.97. The van der Waals surface area contributed by atoms with Crippen molar-refractivity contribution in [2.24, 2.45) is 5.41 Å². The summed E-state index contributed by atoms with van der Waals surface area (Å²) < 4.78 is 10.6. The number of aromatic nitrogens is 2. The van der Waals surface area contributed by atoms with Gasteiger partial charge in [0, 0.05) is 13.5 Å². The van der Waals surface area contributed by atoms with Crippen LogP contribution in [-0.2, 0) is 16.0 Å². The maximum absolute atomic E-state index is 12.8. The molecule has 9 heteroatoms. The average Bonchev–Trinajstić information content (AvgIpc) is 3.09. The molecule has 1 aromatic heterocycles. The smallest absolute Gasteiger partial charge is 0.234 e. The van der Waals surface area contributed by atoms with Crippen molar-refractivity contribution in [1.82, 2.24) is 15.5 Å². The lowest BCUT2D eigenvalue weighted by molar-refractivity contribution is -0.130. The maximum Gasteiger partial charge on any atom is 0.234 e. The second kappa shape index (κ2) is 9.98. The number of halogens is 1. The van der Waals surface area contributed by atoms with Gasteiger partial charge in [-0.3, -0.25) is 10.1 Å². The molecule has 1 aliphatic rings. The van der Waals surface area contributed by atoms with Gasteiger partial charge in [0.2, 0.25) is 11.0 Å². The molecule has 1 aromatic carbocycles. The molecule has 2 aromatic rings. The van der Waals surface area contributed by atoms with E-state index in [-0.39, 0.29) is 18.3 Å². The predicted molar refractivity (Wildman–Crippen MR) is 108 cm³/mol. The van der Waals surface area contributed by atoms with Gasteiger partial charge in [-0.15, -0.1) is 22.6 Å². The van der Waals surface area contributed by atoms with Crippen molar-refractivity contribution in [1.29, 1.82) is 0 Å². The number of carbonyl (C=O) groups excluding carboxylic acids is 1. The molecule has 148 valence electrons. The largest absolute Gasteiger partial charge is 0.497 e. The molecule has 27 heavy (non-hydrogen) atoms. The summed E-state index contributed by atoms with van der Waals surface area (Å²) in [5.74, 6) is 0.776. The van der Waals surface area contributed by atoms with Gasteiger partial charge in [-0.1, -0.05) is 23.5 Å². The standard InChI is InChI=1S/C18H24N4O3S.ClH/c1-24-12-18(6-8-19-9-7-18)16(23)20-17-22-21-15(26-17)11-13-4-3-5-14(10-13)25-2;/h3-5,10,19H,6-9,11-12H2,1-2H3,(H,20,22,23);1H. The fourth-order valence-corrected chi connectivity index (χ4v) is 3.95. The van der Waals surface area contributed by atoms with E-state index in [0.717, 1.165) is 42.3 Å². The fraction of sp³-hybridized carbons (Fsp3) is 0.500. The van der Waals surface area contributed by atoms with E-state index >= 15 is 0 Å². The number of methoxy groups -OCH3 is 2. The molecule has 1 saturated heterocycles. The van der Waals surface area contributed by atoms with Gasteiger partial charge in [-0.05, 0) is 43.6 Å². The molecule has 1 aliphatic heterocycles. The van der Waals surface area contributed by atoms with Crippen LogP contribution >= 0.6 is 23.7 Å². The molecule has 2 heterocycles. The van der Waals surface area contributed by atoms with Gasteiger partial charge in [-0.25, -0.2) is 0 Å². The number of nitrogens with zero attached hydrogens (tertiary/aromatic N) is 2. The Morgan fingerprint density at radius 3 is 2.78 bits per heavy atom. The summed E-state index contributed by atoms with van der Waals surface area (Å²) in [6.45, 7) is 2.04. The van der Waals surface area contributed by atoms with Crippen LogP contribution in [0.25, 0.3) is 0 Å². The lowest BCUT2D eigenvalue weighted by Crippen LogP contribution is -2.47. The average molecular weight is 413 g/mol. The molecule has 0 aliphatic carbocycles. The third-order valence-electron chi connectivity index (χ3n) is 4.64. The first-order chi connectivity index (χ1) is 12.6. The number of rotatable bonds is 7. The predicted octanol–water partition coefficient (Wildman–Crippen LogP) is 2.51. The molecule has 0 atom stereocenters. The van der Waals surface area contributed by atoms with Crippen LogP contribution in [0.1, 0.15) is 23.4 Å². The SMILES string of the molecule is COCC1(C(=O)Nc2nnc(Cc3cccc(OC)c3)s2)CCNCC1.Cl. The van der Waals surface area contributed by atoms with E-state index in [9.17, 15) is 4.79 Å². The van der Waals surface area contributed by atoms with Gasteiger partial charge in [0.15, 0.2) is 0 Å². The van der Waals surface area contributed by atoms with Crippen molar-refractivity contribution >= 4 is 34.8 Å². The van der Waals surface area contributed by atoms with Gasteiger partial charge >= 0.3 is 0 Å². The summed E-state index contributed by atoms with van der Waals surface area (Å²) in [5, 5.41) is 15.9. The third kappa shape index (κ3) is 5.38. The van der Waals surface area contributed by atoms with E-state index in [2.05, 4.69) is 20.8 Å². The summed E-state index contributed by atoms with van der Waals surface area (Å²) in [7, 11) is 3.28. The van der Waals surface area contributed by atoms with E-state index in [1.54, 1.807) is 14.2 Å². The van der Waals surface area contributed by atoms with Crippen LogP contribution in [-0.4, -0.2) is 50.0 Å². The number of benzene rings is 1. The number of anilines is 1. The van der Waals surface area contributed by atoms with Crippen LogP contribution in [0.2, 0.25) is 0 Å². The molecular weight excluding hydrogens is 388 g/mol. The Bertz CT molecular complexity index is 744. The van der Waals surface area contributed by atoms with E-state index < -0.39 is 5.41 Å². The summed E-state index contributed by atoms with van der Waals surface area (Å²) >= 11 is 1.40. The Labute approximate surface area is 169 Å². The summed E-state index contributed by atoms with van der Waals surface area (Å²) in [4.78, 5) is 12.8. The highest BCUT2D eigenvalue weighted by molar-refractivity contribution is 7.15. The first-order valence-electron chi connectivity index (χ1n) is 8.62. The zero-order valence-corrected chi connectivity index (χ0v) is 17.1. The number of hydrogen-bond donors (Lipinski definition) is 2. The quantitative estimate of drug-likeness (QED) is 0.726. The summed E-state index contributed by atoms with van der Waals surface area (Å²) in [6, 6.07) is 7.85. The molecule has 1 amide bonds. The highest BCUT2D eigenvalue weighted by atomic mass is 35.5. The van der Waals surface area contributed by atoms with Crippen LogP contribution in [0.15, 0.2) is 24.3 Å². The van der Waals surface area contributed by atoms with Crippen LogP contribution in [0.3, 0.4) is 0 Å². The number of nitrogens with one attached hydrogen (secondary N) is 2. The van der Waals surface area contributed by atoms with E-state index in [1.807, 2.05) is 24.3 Å². The van der Waals surface area contributed by atoms with Crippen molar-refractivity contribution in [3.8, 4) is 5.75 Å². The Balaban J connectivity index is 0.00000261. The first kappa shape index (κ1) is 21.6. The van der Waals surface area contributed by atoms with Gasteiger partial charge in [-0.2, -0.15) is 0 Å². The number of hydrogen-bond acceptors (Lipinski definition) is 7. The minimum atomic E-state index is -0.501. The fourth-order valence-electron chi connectivity index (χ4n) is 3.18. The number of carbonyl (C=O) groups is 1. The first-order valence-corrected chi connectivity index (χ1v) is 9.43. The minimum absolute atomic E-state index is 0. The zero-order chi connectivity index (χ0) is 18.4. The third-order valence-corrected chi connectivity index (χ3v) is 5.48. The Morgan fingerprint density at radius 2 is 2.07 bits per heavy atom. The number of amides is 1. The lowest BCUT2D eigenvalue weighted by atomic mass is 9.79. The van der Waals surface area contributed by atoms with Crippen LogP contribution < -0.4 is 15.4 Å². The van der Waals surface area contributed by atoms with Gasteiger partial charge in [0.1, 0.15) is 10.8 Å². The van der Waals surface area contributed by atoms with Crippen molar-refractivity contribution in [3.05, 3.63) is 34.8 Å². The van der Waals surface area contributed by atoms with Gasteiger partial charge in [0.05, 0.1) is 19.1 Å². The molecule has 0 bridgehead atoms. The highest BCUT2D eigenvalue weighted by Crippen LogP contribution is 2.31. The number of piperidine rings is 1. The van der Waals surface area contributed by atoms with E-state index in [4.69, 9.17) is 9.47 Å². The van der Waals surface area contributed by atoms with Crippen molar-refractivity contribution in [2.75, 3.05) is 39.2 Å². The molecule has 7 nitrogen and oxygen atoms in total. The normalized spacial score (nSPS) is 15.6. The van der Waals surface area contributed by atoms with Gasteiger partial charge < -0.3 is 14.8 Å². The lowest BCUT2D eigenvalue weighted by Gasteiger charge is -2.35. The minimum Gasteiger partial charge on any atom is -0.497 e. The second-order valence-corrected chi connectivity index (χ2v) is 7.51. The van der Waals surface area contributed by atoms with Crippen molar-refractivity contribution in [3.63, 3.8) is 0 Å². The molecule has 3 rings (SSSR count).